The Hall–Kier alpha value is -0.950. The first-order valence-electron chi connectivity index (χ1n) is 7.70. The minimum Gasteiger partial charge on any atom is -0.382 e. The fourth-order valence-electron chi connectivity index (χ4n) is 2.62. The van der Waals surface area contributed by atoms with E-state index in [0.29, 0.717) is 38.8 Å². The molecule has 1 aromatic rings. The van der Waals surface area contributed by atoms with Crippen LogP contribution in [0.3, 0.4) is 0 Å². The fourth-order valence-corrected chi connectivity index (χ4v) is 4.19. The van der Waals surface area contributed by atoms with Gasteiger partial charge in [0.05, 0.1) is 19.0 Å². The quantitative estimate of drug-likeness (QED) is 0.684. The lowest BCUT2D eigenvalue weighted by Crippen LogP contribution is -2.40. The number of hydrogen-bond acceptors (Lipinski definition) is 4. The van der Waals surface area contributed by atoms with Crippen LogP contribution in [0.25, 0.3) is 0 Å². The second kappa shape index (κ2) is 8.62. The maximum absolute atomic E-state index is 12.4. The molecule has 5 nitrogen and oxygen atoms in total. The number of nitrogens with zero attached hydrogens (tertiary/aromatic N) is 1. The van der Waals surface area contributed by atoms with Gasteiger partial charge in [-0.2, -0.15) is 0 Å². The molecule has 1 aliphatic rings. The molecule has 22 heavy (non-hydrogen) atoms. The van der Waals surface area contributed by atoms with Gasteiger partial charge in [0.2, 0.25) is 10.0 Å². The van der Waals surface area contributed by atoms with Crippen LogP contribution in [0, 0.1) is 5.92 Å². The molecule has 0 amide bonds. The summed E-state index contributed by atoms with van der Waals surface area (Å²) in [5.74, 6) is 0.531. The Bertz CT molecular complexity index is 524. The Morgan fingerprint density at radius 2 is 1.82 bits per heavy atom. The van der Waals surface area contributed by atoms with E-state index in [4.69, 9.17) is 9.47 Å². The summed E-state index contributed by atoms with van der Waals surface area (Å²) in [6, 6.07) is 9.34. The highest BCUT2D eigenvalue weighted by atomic mass is 32.2. The van der Waals surface area contributed by atoms with Crippen LogP contribution in [0.1, 0.15) is 18.4 Å². The molecule has 0 spiro atoms. The second-order valence-electron chi connectivity index (χ2n) is 5.65. The van der Waals surface area contributed by atoms with Crippen LogP contribution in [-0.4, -0.2) is 52.7 Å². The molecule has 0 saturated carbocycles. The van der Waals surface area contributed by atoms with E-state index in [2.05, 4.69) is 0 Å². The van der Waals surface area contributed by atoms with Crippen LogP contribution >= 0.6 is 0 Å². The van der Waals surface area contributed by atoms with Crippen molar-refractivity contribution in [2.24, 2.45) is 5.92 Å². The number of sulfonamides is 1. The van der Waals surface area contributed by atoms with Gasteiger partial charge in [0, 0.05) is 26.8 Å². The SMILES string of the molecule is COCCOCC1CCN(S(=O)(=O)Cc2ccccc2)CC1. The summed E-state index contributed by atoms with van der Waals surface area (Å²) in [6.45, 7) is 3.07. The van der Waals surface area contributed by atoms with Gasteiger partial charge in [-0.25, -0.2) is 12.7 Å². The smallest absolute Gasteiger partial charge is 0.218 e. The van der Waals surface area contributed by atoms with Crippen molar-refractivity contribution < 1.29 is 17.9 Å². The van der Waals surface area contributed by atoms with E-state index < -0.39 is 10.0 Å². The first kappa shape index (κ1) is 17.4. The lowest BCUT2D eigenvalue weighted by Gasteiger charge is -2.31. The molecule has 0 radical (unpaired) electrons. The Morgan fingerprint density at radius 3 is 2.45 bits per heavy atom. The monoisotopic (exact) mass is 327 g/mol. The number of hydrogen-bond donors (Lipinski definition) is 0. The van der Waals surface area contributed by atoms with Crippen LogP contribution in [0.15, 0.2) is 30.3 Å². The maximum atomic E-state index is 12.4. The summed E-state index contributed by atoms with van der Waals surface area (Å²) in [4.78, 5) is 0. The van der Waals surface area contributed by atoms with E-state index in [9.17, 15) is 8.42 Å². The summed E-state index contributed by atoms with van der Waals surface area (Å²) in [7, 11) is -1.56. The molecule has 1 fully saturated rings. The average molecular weight is 327 g/mol. The van der Waals surface area contributed by atoms with Gasteiger partial charge < -0.3 is 9.47 Å². The molecule has 0 unspecified atom stereocenters. The molecular formula is C16H25NO4S. The van der Waals surface area contributed by atoms with Gasteiger partial charge in [-0.05, 0) is 24.3 Å². The van der Waals surface area contributed by atoms with Gasteiger partial charge in [0.25, 0.3) is 0 Å². The van der Waals surface area contributed by atoms with E-state index in [1.54, 1.807) is 11.4 Å². The van der Waals surface area contributed by atoms with E-state index in [1.807, 2.05) is 30.3 Å². The third-order valence-corrected chi connectivity index (χ3v) is 5.79. The highest BCUT2D eigenvalue weighted by Gasteiger charge is 2.28. The van der Waals surface area contributed by atoms with Gasteiger partial charge in [0.15, 0.2) is 0 Å². The third kappa shape index (κ3) is 5.35. The highest BCUT2D eigenvalue weighted by Crippen LogP contribution is 2.21. The van der Waals surface area contributed by atoms with Gasteiger partial charge in [-0.1, -0.05) is 30.3 Å². The molecule has 1 heterocycles. The maximum Gasteiger partial charge on any atom is 0.218 e. The molecule has 2 rings (SSSR count). The van der Waals surface area contributed by atoms with Crippen molar-refractivity contribution in [1.82, 2.24) is 4.31 Å². The molecule has 0 aliphatic carbocycles. The summed E-state index contributed by atoms with van der Waals surface area (Å²) >= 11 is 0. The average Bonchev–Trinajstić information content (AvgIpc) is 2.53. The normalized spacial score (nSPS) is 17.7. The molecule has 0 aromatic heterocycles. The number of rotatable bonds is 8. The lowest BCUT2D eigenvalue weighted by molar-refractivity contribution is 0.0410. The molecular weight excluding hydrogens is 302 g/mol. The van der Waals surface area contributed by atoms with Crippen LogP contribution < -0.4 is 0 Å². The third-order valence-electron chi connectivity index (χ3n) is 3.94. The fraction of sp³-hybridized carbons (Fsp3) is 0.625. The topological polar surface area (TPSA) is 55.8 Å². The van der Waals surface area contributed by atoms with Crippen LogP contribution in [-0.2, 0) is 25.2 Å². The van der Waals surface area contributed by atoms with Crippen LogP contribution in [0.5, 0.6) is 0 Å². The van der Waals surface area contributed by atoms with Gasteiger partial charge in [-0.3, -0.25) is 0 Å². The van der Waals surface area contributed by atoms with Crippen molar-refractivity contribution in [3.05, 3.63) is 35.9 Å². The Labute approximate surface area is 133 Å². The summed E-state index contributed by atoms with van der Waals surface area (Å²) < 4.78 is 37.0. The lowest BCUT2D eigenvalue weighted by atomic mass is 9.99. The zero-order valence-electron chi connectivity index (χ0n) is 13.1. The van der Waals surface area contributed by atoms with Crippen LogP contribution in [0.4, 0.5) is 0 Å². The van der Waals surface area contributed by atoms with E-state index in [-0.39, 0.29) is 5.75 Å². The molecule has 6 heteroatoms. The largest absolute Gasteiger partial charge is 0.382 e. The Morgan fingerprint density at radius 1 is 1.14 bits per heavy atom. The van der Waals surface area contributed by atoms with Crippen LogP contribution in [0.2, 0.25) is 0 Å². The van der Waals surface area contributed by atoms with Crippen molar-refractivity contribution >= 4 is 10.0 Å². The number of methoxy groups -OCH3 is 1. The zero-order valence-corrected chi connectivity index (χ0v) is 13.9. The second-order valence-corrected chi connectivity index (χ2v) is 7.62. The molecule has 0 atom stereocenters. The minimum atomic E-state index is -3.22. The Kier molecular flexibility index (Phi) is 6.82. The standard InChI is InChI=1S/C16H25NO4S/c1-20-11-12-21-13-15-7-9-17(10-8-15)22(18,19)14-16-5-3-2-4-6-16/h2-6,15H,7-14H2,1H3. The molecule has 1 aromatic carbocycles. The first-order chi connectivity index (χ1) is 10.6. The molecule has 0 N–H and O–H groups in total. The predicted octanol–water partition coefficient (Wildman–Crippen LogP) is 1.89. The van der Waals surface area contributed by atoms with Crippen molar-refractivity contribution in [2.75, 3.05) is 40.0 Å². The van der Waals surface area contributed by atoms with Crippen molar-refractivity contribution in [3.63, 3.8) is 0 Å². The van der Waals surface area contributed by atoms with Crippen molar-refractivity contribution in [1.29, 1.82) is 0 Å². The van der Waals surface area contributed by atoms with Crippen molar-refractivity contribution in [3.8, 4) is 0 Å². The van der Waals surface area contributed by atoms with Gasteiger partial charge >= 0.3 is 0 Å². The van der Waals surface area contributed by atoms with E-state index in [0.717, 1.165) is 18.4 Å². The molecule has 0 bridgehead atoms. The number of ether oxygens (including phenoxy) is 2. The van der Waals surface area contributed by atoms with E-state index >= 15 is 0 Å². The van der Waals surface area contributed by atoms with E-state index in [1.165, 1.54) is 0 Å². The minimum absolute atomic E-state index is 0.0862. The zero-order chi connectivity index (χ0) is 15.8. The molecule has 1 aliphatic heterocycles. The first-order valence-corrected chi connectivity index (χ1v) is 9.31. The number of piperidine rings is 1. The number of benzene rings is 1. The molecule has 1 saturated heterocycles. The highest BCUT2D eigenvalue weighted by molar-refractivity contribution is 7.88. The summed E-state index contributed by atoms with van der Waals surface area (Å²) in [5.41, 5.74) is 0.840. The van der Waals surface area contributed by atoms with Gasteiger partial charge in [-0.15, -0.1) is 0 Å². The summed E-state index contributed by atoms with van der Waals surface area (Å²) in [6.07, 6.45) is 1.72. The van der Waals surface area contributed by atoms with Crippen molar-refractivity contribution in [2.45, 2.75) is 18.6 Å². The molecule has 124 valence electrons. The van der Waals surface area contributed by atoms with Gasteiger partial charge in [0.1, 0.15) is 0 Å². The summed E-state index contributed by atoms with van der Waals surface area (Å²) in [5, 5.41) is 0. The Balaban J connectivity index is 1.78. The predicted molar refractivity (Wildman–Crippen MR) is 86.1 cm³/mol.